The molecule has 5 nitrogen and oxygen atoms in total. The third kappa shape index (κ3) is 3.04. The summed E-state index contributed by atoms with van der Waals surface area (Å²) in [6.07, 6.45) is 1.95. The Kier molecular flexibility index (Phi) is 4.37. The van der Waals surface area contributed by atoms with E-state index in [1.54, 1.807) is 0 Å². The maximum Gasteiger partial charge on any atom is 0.131 e. The molecule has 1 atom stereocenters. The Morgan fingerprint density at radius 2 is 2.16 bits per heavy atom. The smallest absolute Gasteiger partial charge is 0.131 e. The van der Waals surface area contributed by atoms with Crippen molar-refractivity contribution in [1.82, 2.24) is 14.9 Å². The molecule has 0 aromatic carbocycles. The molecule has 1 aromatic rings. The van der Waals surface area contributed by atoms with Gasteiger partial charge in [-0.25, -0.2) is 9.97 Å². The van der Waals surface area contributed by atoms with Gasteiger partial charge >= 0.3 is 0 Å². The fourth-order valence-electron chi connectivity index (χ4n) is 2.59. The van der Waals surface area contributed by atoms with Crippen LogP contribution in [-0.4, -0.2) is 47.6 Å². The van der Waals surface area contributed by atoms with E-state index in [0.717, 1.165) is 36.8 Å². The minimum atomic E-state index is 0.337. The minimum Gasteiger partial charge on any atom is -0.363 e. The number of hydrogen-bond acceptors (Lipinski definition) is 5. The number of nitrogens with zero attached hydrogens (tertiary/aromatic N) is 4. The van der Waals surface area contributed by atoms with Crippen molar-refractivity contribution in [2.75, 3.05) is 31.6 Å². The molecule has 1 aliphatic heterocycles. The zero-order chi connectivity index (χ0) is 14.0. The molecular weight excluding hydrogens is 238 g/mol. The van der Waals surface area contributed by atoms with E-state index in [1.807, 2.05) is 6.20 Å². The maximum atomic E-state index is 5.87. The average Bonchev–Trinajstić information content (AvgIpc) is 2.38. The number of hydrogen-bond donors (Lipinski definition) is 1. The summed E-state index contributed by atoms with van der Waals surface area (Å²) in [4.78, 5) is 13.9. The molecule has 19 heavy (non-hydrogen) atoms. The molecule has 1 saturated heterocycles. The topological polar surface area (TPSA) is 58.3 Å². The lowest BCUT2D eigenvalue weighted by atomic mass is 10.1. The zero-order valence-electron chi connectivity index (χ0n) is 12.4. The first-order valence-corrected chi connectivity index (χ1v) is 7.04. The van der Waals surface area contributed by atoms with Crippen LogP contribution in [0.1, 0.15) is 38.2 Å². The summed E-state index contributed by atoms with van der Waals surface area (Å²) in [5, 5.41) is 0. The number of rotatable bonds is 3. The van der Waals surface area contributed by atoms with Gasteiger partial charge in [0.05, 0.1) is 17.6 Å². The third-order valence-corrected chi connectivity index (χ3v) is 3.71. The molecule has 0 amide bonds. The molecule has 0 saturated carbocycles. The number of aromatic nitrogens is 2. The Morgan fingerprint density at radius 1 is 1.42 bits per heavy atom. The quantitative estimate of drug-likeness (QED) is 0.888. The van der Waals surface area contributed by atoms with Crippen LogP contribution in [0.4, 0.5) is 5.69 Å². The standard InChI is InChI=1S/C14H25N5/c1-10(2)14-16-8-13(12(7-15)17-14)19-6-5-18(4)9-11(19)3/h8,10-11H,5-7,9,15H2,1-4H3. The van der Waals surface area contributed by atoms with Gasteiger partial charge < -0.3 is 15.5 Å². The van der Waals surface area contributed by atoms with E-state index < -0.39 is 0 Å². The van der Waals surface area contributed by atoms with Crippen LogP contribution in [0.3, 0.4) is 0 Å². The Hall–Kier alpha value is -1.20. The van der Waals surface area contributed by atoms with E-state index >= 15 is 0 Å². The number of piperazine rings is 1. The fraction of sp³-hybridized carbons (Fsp3) is 0.714. The molecule has 1 fully saturated rings. The van der Waals surface area contributed by atoms with Gasteiger partial charge in [-0.2, -0.15) is 0 Å². The Labute approximate surface area is 115 Å². The summed E-state index contributed by atoms with van der Waals surface area (Å²) in [6, 6.07) is 0.470. The monoisotopic (exact) mass is 263 g/mol. The SMILES string of the molecule is CC(C)c1ncc(N2CCN(C)CC2C)c(CN)n1. The average molecular weight is 263 g/mol. The van der Waals surface area contributed by atoms with E-state index in [4.69, 9.17) is 5.73 Å². The molecule has 2 N–H and O–H groups in total. The van der Waals surface area contributed by atoms with Gasteiger partial charge in [0, 0.05) is 38.1 Å². The van der Waals surface area contributed by atoms with Gasteiger partial charge in [-0.1, -0.05) is 13.8 Å². The second-order valence-corrected chi connectivity index (χ2v) is 5.72. The Morgan fingerprint density at radius 3 is 2.74 bits per heavy atom. The number of likely N-dealkylation sites (N-methyl/N-ethyl adjacent to an activating group) is 1. The van der Waals surface area contributed by atoms with Crippen LogP contribution < -0.4 is 10.6 Å². The minimum absolute atomic E-state index is 0.337. The summed E-state index contributed by atoms with van der Waals surface area (Å²) < 4.78 is 0. The Bertz CT molecular complexity index is 432. The third-order valence-electron chi connectivity index (χ3n) is 3.71. The van der Waals surface area contributed by atoms with Gasteiger partial charge in [0.15, 0.2) is 0 Å². The molecule has 2 rings (SSSR count). The molecule has 0 radical (unpaired) electrons. The highest BCUT2D eigenvalue weighted by Crippen LogP contribution is 2.24. The first-order valence-electron chi connectivity index (χ1n) is 7.04. The molecular formula is C14H25N5. The van der Waals surface area contributed by atoms with Crippen LogP contribution >= 0.6 is 0 Å². The summed E-state index contributed by atoms with van der Waals surface area (Å²) in [5.41, 5.74) is 7.94. The lowest BCUT2D eigenvalue weighted by Crippen LogP contribution is -2.51. The summed E-state index contributed by atoms with van der Waals surface area (Å²) in [5.74, 6) is 1.22. The first-order chi connectivity index (χ1) is 9.02. The summed E-state index contributed by atoms with van der Waals surface area (Å²) in [6.45, 7) is 10.1. The van der Waals surface area contributed by atoms with Crippen molar-refractivity contribution in [2.45, 2.75) is 39.3 Å². The van der Waals surface area contributed by atoms with Crippen molar-refractivity contribution >= 4 is 5.69 Å². The van der Waals surface area contributed by atoms with Crippen molar-refractivity contribution in [3.63, 3.8) is 0 Å². The van der Waals surface area contributed by atoms with Crippen LogP contribution in [0.15, 0.2) is 6.20 Å². The van der Waals surface area contributed by atoms with E-state index in [1.165, 1.54) is 0 Å². The van der Waals surface area contributed by atoms with Gasteiger partial charge in [0.25, 0.3) is 0 Å². The normalized spacial score (nSPS) is 21.2. The predicted octanol–water partition coefficient (Wildman–Crippen LogP) is 1.20. The largest absolute Gasteiger partial charge is 0.363 e. The van der Waals surface area contributed by atoms with Crippen molar-refractivity contribution < 1.29 is 0 Å². The number of anilines is 1. The Balaban J connectivity index is 2.28. The molecule has 1 aliphatic rings. The van der Waals surface area contributed by atoms with Crippen LogP contribution in [0.5, 0.6) is 0 Å². The molecule has 2 heterocycles. The number of nitrogens with two attached hydrogens (primary N) is 1. The molecule has 0 bridgehead atoms. The molecule has 0 aliphatic carbocycles. The van der Waals surface area contributed by atoms with E-state index in [0.29, 0.717) is 18.5 Å². The highest BCUT2D eigenvalue weighted by molar-refractivity contribution is 5.50. The molecule has 1 aromatic heterocycles. The van der Waals surface area contributed by atoms with Gasteiger partial charge in [0.1, 0.15) is 5.82 Å². The first kappa shape index (κ1) is 14.2. The lowest BCUT2D eigenvalue weighted by Gasteiger charge is -2.40. The predicted molar refractivity (Wildman–Crippen MR) is 78.3 cm³/mol. The second kappa shape index (κ2) is 5.84. The lowest BCUT2D eigenvalue weighted by molar-refractivity contribution is 0.275. The van der Waals surface area contributed by atoms with Gasteiger partial charge in [-0.15, -0.1) is 0 Å². The summed E-state index contributed by atoms with van der Waals surface area (Å²) >= 11 is 0. The molecule has 5 heteroatoms. The van der Waals surface area contributed by atoms with Gasteiger partial charge in [0.2, 0.25) is 0 Å². The van der Waals surface area contributed by atoms with Crippen LogP contribution in [0.2, 0.25) is 0 Å². The van der Waals surface area contributed by atoms with Crippen molar-refractivity contribution in [3.8, 4) is 0 Å². The second-order valence-electron chi connectivity index (χ2n) is 5.72. The highest BCUT2D eigenvalue weighted by atomic mass is 15.3. The fourth-order valence-corrected chi connectivity index (χ4v) is 2.59. The molecule has 0 spiro atoms. The van der Waals surface area contributed by atoms with E-state index in [9.17, 15) is 0 Å². The maximum absolute atomic E-state index is 5.87. The van der Waals surface area contributed by atoms with Crippen LogP contribution in [-0.2, 0) is 6.54 Å². The summed E-state index contributed by atoms with van der Waals surface area (Å²) in [7, 11) is 2.16. The van der Waals surface area contributed by atoms with E-state index in [-0.39, 0.29) is 0 Å². The van der Waals surface area contributed by atoms with E-state index in [2.05, 4.69) is 47.6 Å². The van der Waals surface area contributed by atoms with Gasteiger partial charge in [-0.3, -0.25) is 0 Å². The van der Waals surface area contributed by atoms with Crippen molar-refractivity contribution in [1.29, 1.82) is 0 Å². The van der Waals surface area contributed by atoms with Crippen LogP contribution in [0, 0.1) is 0 Å². The highest BCUT2D eigenvalue weighted by Gasteiger charge is 2.24. The zero-order valence-corrected chi connectivity index (χ0v) is 12.4. The van der Waals surface area contributed by atoms with Gasteiger partial charge in [-0.05, 0) is 14.0 Å². The molecule has 1 unspecified atom stereocenters. The molecule has 106 valence electrons. The van der Waals surface area contributed by atoms with Crippen molar-refractivity contribution in [2.24, 2.45) is 5.73 Å². The van der Waals surface area contributed by atoms with Crippen LogP contribution in [0.25, 0.3) is 0 Å². The van der Waals surface area contributed by atoms with Crippen molar-refractivity contribution in [3.05, 3.63) is 17.7 Å².